The van der Waals surface area contributed by atoms with Crippen LogP contribution < -0.4 is 0 Å². The highest BCUT2D eigenvalue weighted by Crippen LogP contribution is 2.21. The Bertz CT molecular complexity index is 706. The van der Waals surface area contributed by atoms with Gasteiger partial charge in [0.1, 0.15) is 5.56 Å². The summed E-state index contributed by atoms with van der Waals surface area (Å²) in [6.45, 7) is 5.81. The summed E-state index contributed by atoms with van der Waals surface area (Å²) in [4.78, 5) is 11.5. The van der Waals surface area contributed by atoms with Crippen molar-refractivity contribution in [2.24, 2.45) is 5.92 Å². The van der Waals surface area contributed by atoms with Gasteiger partial charge in [-0.1, -0.05) is 13.8 Å². The number of carboxylic acid groups (broad SMARTS) is 1. The molecule has 0 spiro atoms. The zero-order chi connectivity index (χ0) is 15.6. The van der Waals surface area contributed by atoms with Crippen LogP contribution in [0.2, 0.25) is 0 Å². The van der Waals surface area contributed by atoms with Gasteiger partial charge in [-0.15, -0.1) is 0 Å². The van der Waals surface area contributed by atoms with Crippen molar-refractivity contribution in [3.05, 3.63) is 46.8 Å². The fourth-order valence-corrected chi connectivity index (χ4v) is 2.30. The molecule has 1 aromatic carbocycles. The molecule has 5 heteroatoms. The van der Waals surface area contributed by atoms with Crippen LogP contribution in [0.5, 0.6) is 0 Å². The van der Waals surface area contributed by atoms with E-state index in [0.717, 1.165) is 5.69 Å². The maximum atomic E-state index is 11.5. The summed E-state index contributed by atoms with van der Waals surface area (Å²) in [6, 6.07) is 8.98. The first-order valence-electron chi connectivity index (χ1n) is 6.76. The number of carboxylic acids is 1. The van der Waals surface area contributed by atoms with Crippen molar-refractivity contribution >= 4 is 5.97 Å². The summed E-state index contributed by atoms with van der Waals surface area (Å²) in [5, 5.41) is 22.7. The van der Waals surface area contributed by atoms with Crippen LogP contribution in [-0.2, 0) is 6.42 Å². The van der Waals surface area contributed by atoms with E-state index in [-0.39, 0.29) is 5.56 Å². The van der Waals surface area contributed by atoms with Crippen LogP contribution in [0.4, 0.5) is 0 Å². The Balaban J connectivity index is 2.53. The Morgan fingerprint density at radius 1 is 1.38 bits per heavy atom. The standard InChI is InChI=1S/C16H17N3O2/c1-10(2)8-14-15(16(20)21)11(3)19(18-14)13-6-4-12(9-17)5-7-13/h4-7,10H,8H2,1-3H3,(H,20,21). The normalized spacial score (nSPS) is 10.6. The zero-order valence-electron chi connectivity index (χ0n) is 12.3. The summed E-state index contributed by atoms with van der Waals surface area (Å²) in [6.07, 6.45) is 0.617. The molecule has 2 aromatic rings. The van der Waals surface area contributed by atoms with Gasteiger partial charge < -0.3 is 5.11 Å². The van der Waals surface area contributed by atoms with Crippen molar-refractivity contribution in [2.75, 3.05) is 0 Å². The number of carbonyl (C=O) groups is 1. The van der Waals surface area contributed by atoms with E-state index in [1.165, 1.54) is 0 Å². The summed E-state index contributed by atoms with van der Waals surface area (Å²) in [5.41, 5.74) is 2.78. The third-order valence-electron chi connectivity index (χ3n) is 3.25. The van der Waals surface area contributed by atoms with Crippen LogP contribution in [0, 0.1) is 24.2 Å². The van der Waals surface area contributed by atoms with Crippen LogP contribution in [0.1, 0.15) is 41.2 Å². The van der Waals surface area contributed by atoms with Crippen molar-refractivity contribution in [1.82, 2.24) is 9.78 Å². The molecule has 0 aliphatic rings. The maximum absolute atomic E-state index is 11.5. The monoisotopic (exact) mass is 283 g/mol. The second-order valence-electron chi connectivity index (χ2n) is 5.38. The second-order valence-corrected chi connectivity index (χ2v) is 5.38. The van der Waals surface area contributed by atoms with Crippen molar-refractivity contribution < 1.29 is 9.90 Å². The van der Waals surface area contributed by atoms with Gasteiger partial charge in [0.2, 0.25) is 0 Å². The lowest BCUT2D eigenvalue weighted by molar-refractivity contribution is 0.0694. The number of hydrogen-bond acceptors (Lipinski definition) is 3. The Kier molecular flexibility index (Phi) is 4.08. The molecular formula is C16H17N3O2. The molecule has 1 heterocycles. The molecule has 0 aliphatic heterocycles. The molecule has 0 bridgehead atoms. The van der Waals surface area contributed by atoms with Crippen LogP contribution in [0.15, 0.2) is 24.3 Å². The quantitative estimate of drug-likeness (QED) is 0.935. The molecule has 0 fully saturated rings. The highest BCUT2D eigenvalue weighted by Gasteiger charge is 2.21. The average Bonchev–Trinajstić information content (AvgIpc) is 2.75. The lowest BCUT2D eigenvalue weighted by atomic mass is 10.0. The molecule has 1 aromatic heterocycles. The van der Waals surface area contributed by atoms with E-state index >= 15 is 0 Å². The first-order chi connectivity index (χ1) is 9.93. The van der Waals surface area contributed by atoms with Crippen molar-refractivity contribution in [2.45, 2.75) is 27.2 Å². The van der Waals surface area contributed by atoms with Gasteiger partial charge in [-0.2, -0.15) is 10.4 Å². The Hall–Kier alpha value is -2.61. The predicted octanol–water partition coefficient (Wildman–Crippen LogP) is 2.95. The number of aromatic nitrogens is 2. The summed E-state index contributed by atoms with van der Waals surface area (Å²) in [7, 11) is 0. The third kappa shape index (κ3) is 2.95. The topological polar surface area (TPSA) is 78.9 Å². The minimum atomic E-state index is -0.956. The van der Waals surface area contributed by atoms with E-state index in [9.17, 15) is 9.90 Å². The van der Waals surface area contributed by atoms with Gasteiger partial charge >= 0.3 is 5.97 Å². The van der Waals surface area contributed by atoms with Gasteiger partial charge in [0.05, 0.1) is 28.7 Å². The SMILES string of the molecule is Cc1c(C(=O)O)c(CC(C)C)nn1-c1ccc(C#N)cc1. The maximum Gasteiger partial charge on any atom is 0.339 e. The average molecular weight is 283 g/mol. The highest BCUT2D eigenvalue weighted by atomic mass is 16.4. The van der Waals surface area contributed by atoms with Crippen LogP contribution in [0.3, 0.4) is 0 Å². The fraction of sp³-hybridized carbons (Fsp3) is 0.312. The molecular weight excluding hydrogens is 266 g/mol. The molecule has 0 radical (unpaired) electrons. The number of rotatable bonds is 4. The van der Waals surface area contributed by atoms with Crippen molar-refractivity contribution in [3.8, 4) is 11.8 Å². The Morgan fingerprint density at radius 3 is 2.48 bits per heavy atom. The summed E-state index contributed by atoms with van der Waals surface area (Å²) >= 11 is 0. The molecule has 0 unspecified atom stereocenters. The van der Waals surface area contributed by atoms with Gasteiger partial charge in [-0.25, -0.2) is 9.48 Å². The summed E-state index contributed by atoms with van der Waals surface area (Å²) in [5.74, 6) is -0.630. The first-order valence-corrected chi connectivity index (χ1v) is 6.76. The smallest absolute Gasteiger partial charge is 0.339 e. The summed E-state index contributed by atoms with van der Waals surface area (Å²) < 4.78 is 1.63. The first kappa shape index (κ1) is 14.8. The van der Waals surface area contributed by atoms with E-state index in [2.05, 4.69) is 11.2 Å². The molecule has 0 saturated heterocycles. The minimum Gasteiger partial charge on any atom is -0.478 e. The molecule has 21 heavy (non-hydrogen) atoms. The molecule has 2 rings (SSSR count). The minimum absolute atomic E-state index is 0.271. The molecule has 0 saturated carbocycles. The number of hydrogen-bond donors (Lipinski definition) is 1. The van der Waals surface area contributed by atoms with Crippen LogP contribution >= 0.6 is 0 Å². The predicted molar refractivity (Wildman–Crippen MR) is 78.5 cm³/mol. The van der Waals surface area contributed by atoms with Crippen LogP contribution in [-0.4, -0.2) is 20.9 Å². The van der Waals surface area contributed by atoms with Crippen molar-refractivity contribution in [3.63, 3.8) is 0 Å². The largest absolute Gasteiger partial charge is 0.478 e. The van der Waals surface area contributed by atoms with Gasteiger partial charge in [-0.3, -0.25) is 0 Å². The van der Waals surface area contributed by atoms with Gasteiger partial charge in [-0.05, 0) is 43.5 Å². The van der Waals surface area contributed by atoms with E-state index in [1.54, 1.807) is 35.9 Å². The number of nitrogens with zero attached hydrogens (tertiary/aromatic N) is 3. The van der Waals surface area contributed by atoms with E-state index in [0.29, 0.717) is 29.3 Å². The lowest BCUT2D eigenvalue weighted by Crippen LogP contribution is -2.04. The molecule has 0 amide bonds. The van der Waals surface area contributed by atoms with Crippen molar-refractivity contribution in [1.29, 1.82) is 5.26 Å². The van der Waals surface area contributed by atoms with E-state index < -0.39 is 5.97 Å². The second kappa shape index (κ2) is 5.80. The van der Waals surface area contributed by atoms with E-state index in [4.69, 9.17) is 5.26 Å². The number of benzene rings is 1. The van der Waals surface area contributed by atoms with E-state index in [1.807, 2.05) is 13.8 Å². The molecule has 0 atom stereocenters. The molecule has 0 aliphatic carbocycles. The third-order valence-corrected chi connectivity index (χ3v) is 3.25. The number of nitriles is 1. The zero-order valence-corrected chi connectivity index (χ0v) is 12.3. The Labute approximate surface area is 123 Å². The molecule has 1 N–H and O–H groups in total. The van der Waals surface area contributed by atoms with Gasteiger partial charge in [0.25, 0.3) is 0 Å². The van der Waals surface area contributed by atoms with Gasteiger partial charge in [0.15, 0.2) is 0 Å². The highest BCUT2D eigenvalue weighted by molar-refractivity contribution is 5.90. The van der Waals surface area contributed by atoms with Gasteiger partial charge in [0, 0.05) is 0 Å². The fourth-order valence-electron chi connectivity index (χ4n) is 2.30. The van der Waals surface area contributed by atoms with Crippen LogP contribution in [0.25, 0.3) is 5.69 Å². The Morgan fingerprint density at radius 2 is 2.00 bits per heavy atom. The molecule has 5 nitrogen and oxygen atoms in total. The molecule has 108 valence electrons. The lowest BCUT2D eigenvalue weighted by Gasteiger charge is -2.04. The number of aromatic carboxylic acids is 1.